The minimum Gasteiger partial charge on any atom is -0.455 e. The summed E-state index contributed by atoms with van der Waals surface area (Å²) >= 11 is 0. The van der Waals surface area contributed by atoms with Gasteiger partial charge in [-0.25, -0.2) is 4.79 Å². The van der Waals surface area contributed by atoms with E-state index in [9.17, 15) is 19.8 Å². The largest absolute Gasteiger partial charge is 0.455 e. The number of cyclic esters (lactones) is 1. The molecule has 7 heteroatoms. The monoisotopic (exact) mass is 219 g/mol. The number of hydrogen-bond donors (Lipinski definition) is 4. The second-order valence-corrected chi connectivity index (χ2v) is 3.32. The molecule has 86 valence electrons. The second-order valence-electron chi connectivity index (χ2n) is 3.32. The molecule has 1 saturated heterocycles. The predicted molar refractivity (Wildman–Crippen MR) is 46.6 cm³/mol. The lowest BCUT2D eigenvalue weighted by Crippen LogP contribution is -2.47. The van der Waals surface area contributed by atoms with Crippen molar-refractivity contribution in [1.82, 2.24) is 5.32 Å². The van der Waals surface area contributed by atoms with Crippen molar-refractivity contribution in [3.05, 3.63) is 0 Å². The van der Waals surface area contributed by atoms with E-state index in [4.69, 9.17) is 5.11 Å². The number of nitrogens with one attached hydrogen (secondary N) is 1. The van der Waals surface area contributed by atoms with Gasteiger partial charge in [0.2, 0.25) is 5.91 Å². The molecule has 0 aromatic carbocycles. The Morgan fingerprint density at radius 3 is 2.73 bits per heavy atom. The van der Waals surface area contributed by atoms with Crippen LogP contribution >= 0.6 is 0 Å². The summed E-state index contributed by atoms with van der Waals surface area (Å²) in [4.78, 5) is 21.9. The number of ether oxygens (including phenoxy) is 1. The van der Waals surface area contributed by atoms with Crippen LogP contribution in [0.3, 0.4) is 0 Å². The molecule has 0 spiro atoms. The minimum atomic E-state index is -1.36. The van der Waals surface area contributed by atoms with Crippen LogP contribution in [0, 0.1) is 0 Å². The van der Waals surface area contributed by atoms with Gasteiger partial charge in [0, 0.05) is 6.92 Å². The van der Waals surface area contributed by atoms with Gasteiger partial charge < -0.3 is 25.4 Å². The second kappa shape index (κ2) is 4.56. The van der Waals surface area contributed by atoms with Crippen LogP contribution in [0.1, 0.15) is 6.92 Å². The molecule has 0 aromatic rings. The van der Waals surface area contributed by atoms with Gasteiger partial charge in [0.05, 0.1) is 6.61 Å². The molecule has 4 unspecified atom stereocenters. The van der Waals surface area contributed by atoms with E-state index in [1.807, 2.05) is 0 Å². The molecule has 0 aliphatic carbocycles. The molecule has 0 bridgehead atoms. The first-order valence-electron chi connectivity index (χ1n) is 4.42. The van der Waals surface area contributed by atoms with Gasteiger partial charge in [0.15, 0.2) is 12.1 Å². The van der Waals surface area contributed by atoms with Gasteiger partial charge in [0.1, 0.15) is 12.2 Å². The SMILES string of the molecule is CC(=O)NC1C(=O)OC(C(O)CO)C1O. The van der Waals surface area contributed by atoms with E-state index in [1.54, 1.807) is 0 Å². The van der Waals surface area contributed by atoms with Gasteiger partial charge in [0.25, 0.3) is 0 Å². The number of esters is 1. The first-order chi connectivity index (χ1) is 6.97. The molecular weight excluding hydrogens is 206 g/mol. The molecule has 0 radical (unpaired) electrons. The molecule has 1 amide bonds. The molecule has 1 heterocycles. The highest BCUT2D eigenvalue weighted by molar-refractivity contribution is 5.85. The van der Waals surface area contributed by atoms with E-state index >= 15 is 0 Å². The zero-order valence-corrected chi connectivity index (χ0v) is 8.08. The molecule has 1 fully saturated rings. The summed E-state index contributed by atoms with van der Waals surface area (Å²) in [7, 11) is 0. The average molecular weight is 219 g/mol. The van der Waals surface area contributed by atoms with Gasteiger partial charge in [-0.2, -0.15) is 0 Å². The Kier molecular flexibility index (Phi) is 3.61. The summed E-state index contributed by atoms with van der Waals surface area (Å²) in [5.41, 5.74) is 0. The fourth-order valence-electron chi connectivity index (χ4n) is 1.38. The number of hydrogen-bond acceptors (Lipinski definition) is 6. The van der Waals surface area contributed by atoms with E-state index < -0.39 is 42.8 Å². The van der Waals surface area contributed by atoms with Crippen molar-refractivity contribution in [3.8, 4) is 0 Å². The first kappa shape index (κ1) is 11.9. The minimum absolute atomic E-state index is 0.491. The van der Waals surface area contributed by atoms with Crippen LogP contribution in [0.5, 0.6) is 0 Å². The number of amides is 1. The van der Waals surface area contributed by atoms with Crippen LogP contribution in [0.2, 0.25) is 0 Å². The molecule has 4 atom stereocenters. The topological polar surface area (TPSA) is 116 Å². The number of rotatable bonds is 3. The van der Waals surface area contributed by atoms with Gasteiger partial charge in [-0.1, -0.05) is 0 Å². The van der Waals surface area contributed by atoms with E-state index in [0.717, 1.165) is 0 Å². The summed E-state index contributed by atoms with van der Waals surface area (Å²) in [5.74, 6) is -1.31. The zero-order valence-electron chi connectivity index (χ0n) is 8.08. The Balaban J connectivity index is 2.69. The maximum atomic E-state index is 11.2. The Labute approximate surface area is 85.7 Å². The van der Waals surface area contributed by atoms with E-state index in [-0.39, 0.29) is 0 Å². The van der Waals surface area contributed by atoms with Crippen molar-refractivity contribution >= 4 is 11.9 Å². The summed E-state index contributed by atoms with van der Waals surface area (Å²) in [6.07, 6.45) is -3.93. The quantitative estimate of drug-likeness (QED) is 0.379. The van der Waals surface area contributed by atoms with Crippen molar-refractivity contribution in [2.45, 2.75) is 31.3 Å². The summed E-state index contributed by atoms with van der Waals surface area (Å²) < 4.78 is 4.63. The highest BCUT2D eigenvalue weighted by Crippen LogP contribution is 2.18. The maximum Gasteiger partial charge on any atom is 0.331 e. The Morgan fingerprint density at radius 2 is 2.27 bits per heavy atom. The molecule has 1 aliphatic heterocycles. The lowest BCUT2D eigenvalue weighted by atomic mass is 10.0. The number of aliphatic hydroxyl groups excluding tert-OH is 3. The van der Waals surface area contributed by atoms with Crippen molar-refractivity contribution in [2.24, 2.45) is 0 Å². The third-order valence-corrected chi connectivity index (χ3v) is 2.11. The number of aliphatic hydroxyl groups is 3. The van der Waals surface area contributed by atoms with Gasteiger partial charge in [-0.15, -0.1) is 0 Å². The van der Waals surface area contributed by atoms with Crippen LogP contribution in [-0.4, -0.2) is 58.2 Å². The standard InChI is InChI=1S/C8H13NO6/c1-3(11)9-5-6(13)7(4(12)2-10)15-8(5)14/h4-7,10,12-13H,2H2,1H3,(H,9,11). The van der Waals surface area contributed by atoms with E-state index in [2.05, 4.69) is 10.1 Å². The predicted octanol–water partition coefficient (Wildman–Crippen LogP) is -2.87. The maximum absolute atomic E-state index is 11.2. The van der Waals surface area contributed by atoms with Crippen molar-refractivity contribution in [3.63, 3.8) is 0 Å². The molecule has 7 nitrogen and oxygen atoms in total. The molecular formula is C8H13NO6. The highest BCUT2D eigenvalue weighted by Gasteiger charge is 2.47. The summed E-state index contributed by atoms with van der Waals surface area (Å²) in [5, 5.41) is 29.6. The fraction of sp³-hybridized carbons (Fsp3) is 0.750. The smallest absolute Gasteiger partial charge is 0.331 e. The van der Waals surface area contributed by atoms with Gasteiger partial charge in [-0.05, 0) is 0 Å². The third kappa shape index (κ3) is 2.44. The van der Waals surface area contributed by atoms with Crippen LogP contribution < -0.4 is 5.32 Å². The Hall–Kier alpha value is -1.18. The average Bonchev–Trinajstić information content (AvgIpc) is 2.44. The fourth-order valence-corrected chi connectivity index (χ4v) is 1.38. The summed E-state index contributed by atoms with van der Waals surface area (Å²) in [6, 6.07) is -1.19. The van der Waals surface area contributed by atoms with E-state index in [1.165, 1.54) is 6.92 Å². The van der Waals surface area contributed by atoms with Crippen molar-refractivity contribution in [1.29, 1.82) is 0 Å². The van der Waals surface area contributed by atoms with Crippen LogP contribution in [0.15, 0.2) is 0 Å². The van der Waals surface area contributed by atoms with Crippen molar-refractivity contribution in [2.75, 3.05) is 6.61 Å². The van der Waals surface area contributed by atoms with Crippen LogP contribution in [0.25, 0.3) is 0 Å². The Bertz CT molecular complexity index is 268. The van der Waals surface area contributed by atoms with E-state index in [0.29, 0.717) is 0 Å². The molecule has 1 rings (SSSR count). The lowest BCUT2D eigenvalue weighted by Gasteiger charge is -2.18. The first-order valence-corrected chi connectivity index (χ1v) is 4.42. The number of carbonyl (C=O) groups is 2. The van der Waals surface area contributed by atoms with Crippen LogP contribution in [0.4, 0.5) is 0 Å². The zero-order chi connectivity index (χ0) is 11.6. The van der Waals surface area contributed by atoms with Gasteiger partial charge >= 0.3 is 5.97 Å². The molecule has 0 aromatic heterocycles. The number of carbonyl (C=O) groups excluding carboxylic acids is 2. The summed E-state index contributed by atoms with van der Waals surface area (Å²) in [6.45, 7) is 0.553. The van der Waals surface area contributed by atoms with Crippen molar-refractivity contribution < 1.29 is 29.6 Å². The molecule has 15 heavy (non-hydrogen) atoms. The lowest BCUT2D eigenvalue weighted by molar-refractivity contribution is -0.149. The third-order valence-electron chi connectivity index (χ3n) is 2.11. The molecule has 4 N–H and O–H groups in total. The molecule has 1 aliphatic rings. The highest BCUT2D eigenvalue weighted by atomic mass is 16.6. The normalized spacial score (nSPS) is 32.3. The molecule has 0 saturated carbocycles. The Morgan fingerprint density at radius 1 is 1.67 bits per heavy atom. The van der Waals surface area contributed by atoms with Crippen LogP contribution in [-0.2, 0) is 14.3 Å². The van der Waals surface area contributed by atoms with Gasteiger partial charge in [-0.3, -0.25) is 4.79 Å².